The predicted octanol–water partition coefficient (Wildman–Crippen LogP) is 0.112. The first-order valence-corrected chi connectivity index (χ1v) is 11.5. The molecule has 3 fully saturated rings. The molecule has 11 heteroatoms. The Labute approximate surface area is 180 Å². The van der Waals surface area contributed by atoms with E-state index in [1.807, 2.05) is 6.07 Å². The fraction of sp³-hybridized carbons (Fsp3) is 0.500. The molecule has 0 spiro atoms. The van der Waals surface area contributed by atoms with Gasteiger partial charge in [-0.1, -0.05) is 12.1 Å². The summed E-state index contributed by atoms with van der Waals surface area (Å²) in [5, 5.41) is 11.9. The third kappa shape index (κ3) is 3.66. The highest BCUT2D eigenvalue weighted by Crippen LogP contribution is 2.42. The topological polar surface area (TPSA) is 131 Å². The molecule has 1 atom stereocenters. The molecule has 1 aromatic carbocycles. The number of nitriles is 1. The van der Waals surface area contributed by atoms with Crippen LogP contribution in [-0.2, 0) is 19.6 Å². The smallest absolute Gasteiger partial charge is 0.325 e. The highest BCUT2D eigenvalue weighted by Gasteiger charge is 2.56. The van der Waals surface area contributed by atoms with E-state index in [1.54, 1.807) is 19.1 Å². The molecule has 2 aliphatic heterocycles. The molecule has 31 heavy (non-hydrogen) atoms. The summed E-state index contributed by atoms with van der Waals surface area (Å²) in [5.74, 6) is -0.685. The standard InChI is InChI=1S/C20H23N5O5S/c1-20(15-6-7-15)18(27)25(19(28)22-20)13-17(26)23-8-10-24(11-9-23)31(29,30)16-5-3-2-4-14(16)12-21/h2-5,15H,6-11,13H2,1H3,(H,22,28)/t20-/m0/s1. The molecule has 1 aliphatic carbocycles. The molecule has 2 saturated heterocycles. The minimum Gasteiger partial charge on any atom is -0.338 e. The van der Waals surface area contributed by atoms with Gasteiger partial charge in [0.05, 0.1) is 10.5 Å². The van der Waals surface area contributed by atoms with Crippen LogP contribution in [0.3, 0.4) is 0 Å². The summed E-state index contributed by atoms with van der Waals surface area (Å²) in [5.41, 5.74) is -0.878. The van der Waals surface area contributed by atoms with E-state index in [0.717, 1.165) is 17.7 Å². The number of carbonyl (C=O) groups excluding carboxylic acids is 3. The van der Waals surface area contributed by atoms with Gasteiger partial charge < -0.3 is 10.2 Å². The Morgan fingerprint density at radius 2 is 1.84 bits per heavy atom. The number of urea groups is 1. The highest BCUT2D eigenvalue weighted by molar-refractivity contribution is 7.89. The zero-order chi connectivity index (χ0) is 22.4. The van der Waals surface area contributed by atoms with Crippen molar-refractivity contribution in [1.82, 2.24) is 19.4 Å². The molecule has 0 radical (unpaired) electrons. The number of piperazine rings is 1. The molecule has 0 aromatic heterocycles. The Morgan fingerprint density at radius 1 is 1.19 bits per heavy atom. The van der Waals surface area contributed by atoms with Gasteiger partial charge in [0.2, 0.25) is 15.9 Å². The maximum Gasteiger partial charge on any atom is 0.325 e. The van der Waals surface area contributed by atoms with Crippen molar-refractivity contribution >= 4 is 27.9 Å². The maximum absolute atomic E-state index is 12.9. The SMILES string of the molecule is C[C@@]1(C2CC2)NC(=O)N(CC(=O)N2CCN(S(=O)(=O)c3ccccc3C#N)CC2)C1=O. The van der Waals surface area contributed by atoms with E-state index in [2.05, 4.69) is 5.32 Å². The number of nitrogens with one attached hydrogen (secondary N) is 1. The molecule has 4 amide bonds. The zero-order valence-corrected chi connectivity index (χ0v) is 17.9. The molecule has 164 valence electrons. The highest BCUT2D eigenvalue weighted by atomic mass is 32.2. The van der Waals surface area contributed by atoms with Crippen LogP contribution >= 0.6 is 0 Å². The van der Waals surface area contributed by atoms with Gasteiger partial charge in [-0.2, -0.15) is 9.57 Å². The van der Waals surface area contributed by atoms with Gasteiger partial charge in [-0.05, 0) is 37.8 Å². The largest absolute Gasteiger partial charge is 0.338 e. The first kappa shape index (κ1) is 21.3. The summed E-state index contributed by atoms with van der Waals surface area (Å²) in [7, 11) is -3.87. The Hall–Kier alpha value is -2.97. The van der Waals surface area contributed by atoms with Crippen molar-refractivity contribution < 1.29 is 22.8 Å². The normalized spacial score (nSPS) is 24.8. The minimum absolute atomic E-state index is 0.0593. The summed E-state index contributed by atoms with van der Waals surface area (Å²) < 4.78 is 27.1. The van der Waals surface area contributed by atoms with Gasteiger partial charge in [0.1, 0.15) is 18.2 Å². The Balaban J connectivity index is 1.39. The van der Waals surface area contributed by atoms with Crippen LogP contribution in [0.1, 0.15) is 25.3 Å². The molecule has 3 aliphatic rings. The number of imide groups is 1. The number of nitrogens with zero attached hydrogens (tertiary/aromatic N) is 4. The molecule has 4 rings (SSSR count). The van der Waals surface area contributed by atoms with E-state index < -0.39 is 27.5 Å². The number of sulfonamides is 1. The number of carbonyl (C=O) groups is 3. The van der Waals surface area contributed by atoms with Crippen LogP contribution in [0.15, 0.2) is 29.2 Å². The van der Waals surface area contributed by atoms with Crippen molar-refractivity contribution in [2.75, 3.05) is 32.7 Å². The second-order valence-corrected chi connectivity index (χ2v) is 10.1. The van der Waals surface area contributed by atoms with Gasteiger partial charge >= 0.3 is 6.03 Å². The second kappa shape index (κ2) is 7.62. The average molecular weight is 446 g/mol. The molecule has 0 bridgehead atoms. The van der Waals surface area contributed by atoms with Crippen molar-refractivity contribution in [2.24, 2.45) is 5.92 Å². The fourth-order valence-electron chi connectivity index (χ4n) is 4.13. The van der Waals surface area contributed by atoms with Gasteiger partial charge in [-0.3, -0.25) is 14.5 Å². The van der Waals surface area contributed by atoms with Crippen molar-refractivity contribution in [3.8, 4) is 6.07 Å². The van der Waals surface area contributed by atoms with E-state index in [0.29, 0.717) is 0 Å². The first-order valence-electron chi connectivity index (χ1n) is 10.1. The predicted molar refractivity (Wildman–Crippen MR) is 108 cm³/mol. The number of amides is 4. The molecule has 1 aromatic rings. The summed E-state index contributed by atoms with van der Waals surface area (Å²) in [4.78, 5) is 40.0. The zero-order valence-electron chi connectivity index (χ0n) is 17.1. The number of rotatable bonds is 5. The molecule has 1 saturated carbocycles. The summed E-state index contributed by atoms with van der Waals surface area (Å²) >= 11 is 0. The lowest BCUT2D eigenvalue weighted by Crippen LogP contribution is -2.53. The summed E-state index contributed by atoms with van der Waals surface area (Å²) in [6.07, 6.45) is 1.74. The van der Waals surface area contributed by atoms with Crippen molar-refractivity contribution in [2.45, 2.75) is 30.2 Å². The van der Waals surface area contributed by atoms with Crippen molar-refractivity contribution in [3.05, 3.63) is 29.8 Å². The number of hydrogen-bond acceptors (Lipinski definition) is 6. The molecule has 10 nitrogen and oxygen atoms in total. The van der Waals surface area contributed by atoms with Crippen LogP contribution in [0.2, 0.25) is 0 Å². The van der Waals surface area contributed by atoms with Gasteiger partial charge in [0.15, 0.2) is 0 Å². The van der Waals surface area contributed by atoms with Gasteiger partial charge in [-0.15, -0.1) is 0 Å². The van der Waals surface area contributed by atoms with E-state index in [9.17, 15) is 28.1 Å². The third-order valence-corrected chi connectivity index (χ3v) is 8.16. The Kier molecular flexibility index (Phi) is 5.23. The van der Waals surface area contributed by atoms with E-state index in [-0.39, 0.29) is 55.0 Å². The fourth-order valence-corrected chi connectivity index (χ4v) is 5.70. The molecule has 1 N–H and O–H groups in total. The van der Waals surface area contributed by atoms with Crippen LogP contribution in [0.25, 0.3) is 0 Å². The van der Waals surface area contributed by atoms with Gasteiger partial charge in [0.25, 0.3) is 5.91 Å². The quantitative estimate of drug-likeness (QED) is 0.640. The number of benzene rings is 1. The van der Waals surface area contributed by atoms with Crippen LogP contribution < -0.4 is 5.32 Å². The van der Waals surface area contributed by atoms with Crippen LogP contribution in [0.4, 0.5) is 4.79 Å². The monoisotopic (exact) mass is 445 g/mol. The van der Waals surface area contributed by atoms with E-state index >= 15 is 0 Å². The van der Waals surface area contributed by atoms with Crippen LogP contribution in [-0.4, -0.2) is 78.6 Å². The maximum atomic E-state index is 12.9. The second-order valence-electron chi connectivity index (χ2n) is 8.19. The summed E-state index contributed by atoms with van der Waals surface area (Å²) in [6, 6.07) is 7.31. The van der Waals surface area contributed by atoms with Crippen LogP contribution in [0.5, 0.6) is 0 Å². The molecule has 2 heterocycles. The Bertz CT molecular complexity index is 1090. The lowest BCUT2D eigenvalue weighted by atomic mass is 9.96. The average Bonchev–Trinajstić information content (AvgIpc) is 3.59. The molecular formula is C20H23N5O5S. The number of hydrogen-bond donors (Lipinski definition) is 1. The third-order valence-electron chi connectivity index (χ3n) is 6.21. The van der Waals surface area contributed by atoms with E-state index in [1.165, 1.54) is 21.3 Å². The molecule has 0 unspecified atom stereocenters. The van der Waals surface area contributed by atoms with Crippen LogP contribution in [0, 0.1) is 17.2 Å². The van der Waals surface area contributed by atoms with Crippen molar-refractivity contribution in [1.29, 1.82) is 5.26 Å². The lowest BCUT2D eigenvalue weighted by Gasteiger charge is -2.34. The lowest BCUT2D eigenvalue weighted by molar-refractivity contribution is -0.139. The van der Waals surface area contributed by atoms with Gasteiger partial charge in [-0.25, -0.2) is 13.2 Å². The summed E-state index contributed by atoms with van der Waals surface area (Å²) in [6.45, 7) is 1.73. The van der Waals surface area contributed by atoms with Crippen molar-refractivity contribution in [3.63, 3.8) is 0 Å². The van der Waals surface area contributed by atoms with E-state index in [4.69, 9.17) is 0 Å². The first-order chi connectivity index (χ1) is 14.7. The Morgan fingerprint density at radius 3 is 2.45 bits per heavy atom. The van der Waals surface area contributed by atoms with Gasteiger partial charge in [0, 0.05) is 26.2 Å². The minimum atomic E-state index is -3.87. The molecular weight excluding hydrogens is 422 g/mol.